The van der Waals surface area contributed by atoms with Gasteiger partial charge >= 0.3 is 0 Å². The molecule has 1 aliphatic rings. The Morgan fingerprint density at radius 3 is 3.14 bits per heavy atom. The van der Waals surface area contributed by atoms with Crippen LogP contribution in [0.2, 0.25) is 0 Å². The van der Waals surface area contributed by atoms with Gasteiger partial charge in [-0.2, -0.15) is 5.10 Å². The smallest absolute Gasteiger partial charge is 0.168 e. The Bertz CT molecular complexity index is 321. The van der Waals surface area contributed by atoms with E-state index >= 15 is 0 Å². The van der Waals surface area contributed by atoms with E-state index in [2.05, 4.69) is 5.10 Å². The highest BCUT2D eigenvalue weighted by Gasteiger charge is 2.26. The number of rotatable bonds is 3. The molecule has 0 spiro atoms. The number of hydrogen-bond acceptors (Lipinski definition) is 3. The van der Waals surface area contributed by atoms with Crippen LogP contribution in [0.5, 0.6) is 0 Å². The number of hydrogen-bond donors (Lipinski definition) is 1. The molecule has 4 nitrogen and oxygen atoms in total. The molecule has 0 saturated heterocycles. The summed E-state index contributed by atoms with van der Waals surface area (Å²) in [5.74, 6) is 0.601. The summed E-state index contributed by atoms with van der Waals surface area (Å²) in [5.41, 5.74) is 6.29. The van der Waals surface area contributed by atoms with Gasteiger partial charge in [0.2, 0.25) is 0 Å². The van der Waals surface area contributed by atoms with Crippen molar-refractivity contribution < 1.29 is 4.79 Å². The first-order valence-electron chi connectivity index (χ1n) is 5.04. The van der Waals surface area contributed by atoms with Crippen LogP contribution in [0, 0.1) is 5.92 Å². The summed E-state index contributed by atoms with van der Waals surface area (Å²) in [6, 6.07) is 2.13. The molecule has 2 atom stereocenters. The molecule has 2 N–H and O–H groups in total. The molecule has 2 rings (SSSR count). The van der Waals surface area contributed by atoms with Gasteiger partial charge in [0.1, 0.15) is 5.69 Å². The van der Waals surface area contributed by atoms with Crippen LogP contribution in [0.3, 0.4) is 0 Å². The van der Waals surface area contributed by atoms with Crippen molar-refractivity contribution in [2.45, 2.75) is 25.3 Å². The minimum absolute atomic E-state index is 0.374. The Kier molecular flexibility index (Phi) is 2.63. The third-order valence-electron chi connectivity index (χ3n) is 3.01. The van der Waals surface area contributed by atoms with E-state index in [0.717, 1.165) is 32.1 Å². The first kappa shape index (κ1) is 9.40. The van der Waals surface area contributed by atoms with Crippen LogP contribution in [0.15, 0.2) is 12.3 Å². The topological polar surface area (TPSA) is 60.9 Å². The van der Waals surface area contributed by atoms with Gasteiger partial charge in [-0.05, 0) is 37.8 Å². The Hall–Kier alpha value is -1.16. The molecule has 1 fully saturated rings. The number of nitrogens with zero attached hydrogens (tertiary/aromatic N) is 2. The monoisotopic (exact) mass is 193 g/mol. The minimum atomic E-state index is 0.374. The van der Waals surface area contributed by atoms with E-state index in [9.17, 15) is 4.79 Å². The van der Waals surface area contributed by atoms with E-state index in [-0.39, 0.29) is 0 Å². The summed E-state index contributed by atoms with van der Waals surface area (Å²) in [5, 5.41) is 4.18. The molecule has 2 unspecified atom stereocenters. The molecule has 0 amide bonds. The van der Waals surface area contributed by atoms with Crippen LogP contribution >= 0.6 is 0 Å². The predicted molar refractivity (Wildman–Crippen MR) is 53.0 cm³/mol. The summed E-state index contributed by atoms with van der Waals surface area (Å²) in [4.78, 5) is 10.7. The molecule has 0 aromatic carbocycles. The molecule has 4 heteroatoms. The van der Waals surface area contributed by atoms with E-state index in [1.54, 1.807) is 12.3 Å². The molecule has 1 aliphatic carbocycles. The lowest BCUT2D eigenvalue weighted by Crippen LogP contribution is -2.14. The normalized spacial score (nSPS) is 26.6. The van der Waals surface area contributed by atoms with Gasteiger partial charge in [0.05, 0.1) is 6.04 Å². The summed E-state index contributed by atoms with van der Waals surface area (Å²) in [6.07, 6.45) is 5.84. The number of nitrogens with two attached hydrogens (primary N) is 1. The lowest BCUT2D eigenvalue weighted by atomic mass is 10.1. The van der Waals surface area contributed by atoms with Crippen LogP contribution < -0.4 is 5.73 Å². The predicted octanol–water partition coefficient (Wildman–Crippen LogP) is 0.995. The fourth-order valence-electron chi connectivity index (χ4n) is 2.21. The largest absolute Gasteiger partial charge is 0.330 e. The van der Waals surface area contributed by atoms with E-state index in [1.165, 1.54) is 0 Å². The van der Waals surface area contributed by atoms with Gasteiger partial charge < -0.3 is 5.73 Å². The highest BCUT2D eigenvalue weighted by molar-refractivity contribution is 5.71. The summed E-state index contributed by atoms with van der Waals surface area (Å²) in [7, 11) is 0. The molecule has 1 aromatic heterocycles. The lowest BCUT2D eigenvalue weighted by Gasteiger charge is -2.12. The molecule has 1 saturated carbocycles. The maximum absolute atomic E-state index is 10.7. The number of aromatic nitrogens is 2. The van der Waals surface area contributed by atoms with Gasteiger partial charge in [0.25, 0.3) is 0 Å². The lowest BCUT2D eigenvalue weighted by molar-refractivity contribution is 0.111. The Balaban J connectivity index is 2.12. The second-order valence-electron chi connectivity index (χ2n) is 3.89. The van der Waals surface area contributed by atoms with Gasteiger partial charge in [0, 0.05) is 6.20 Å². The second-order valence-corrected chi connectivity index (χ2v) is 3.89. The molecular formula is C10H15N3O. The van der Waals surface area contributed by atoms with E-state index in [4.69, 9.17) is 5.73 Å². The molecule has 0 bridgehead atoms. The van der Waals surface area contributed by atoms with Gasteiger partial charge in [0.15, 0.2) is 6.29 Å². The molecule has 0 radical (unpaired) electrons. The van der Waals surface area contributed by atoms with Crippen molar-refractivity contribution in [1.82, 2.24) is 9.78 Å². The molecule has 1 aromatic rings. The molecule has 14 heavy (non-hydrogen) atoms. The number of carbonyl (C=O) groups is 1. The maximum atomic E-state index is 10.7. The van der Waals surface area contributed by atoms with Crippen molar-refractivity contribution in [3.05, 3.63) is 18.0 Å². The fraction of sp³-hybridized carbons (Fsp3) is 0.600. The molecule has 1 heterocycles. The van der Waals surface area contributed by atoms with E-state index in [1.807, 2.05) is 4.68 Å². The van der Waals surface area contributed by atoms with E-state index in [0.29, 0.717) is 17.7 Å². The minimum Gasteiger partial charge on any atom is -0.330 e. The second kappa shape index (κ2) is 3.92. The van der Waals surface area contributed by atoms with Crippen molar-refractivity contribution in [2.75, 3.05) is 6.54 Å². The highest BCUT2D eigenvalue weighted by Crippen LogP contribution is 2.33. The standard InChI is InChI=1S/C10H15N3O/c11-6-8-1-2-9(5-8)13-10(7-14)3-4-12-13/h3-4,7-9H,1-2,5-6,11H2. The summed E-state index contributed by atoms with van der Waals surface area (Å²) in [6.45, 7) is 0.744. The zero-order valence-electron chi connectivity index (χ0n) is 8.10. The maximum Gasteiger partial charge on any atom is 0.168 e. The van der Waals surface area contributed by atoms with Crippen molar-refractivity contribution in [1.29, 1.82) is 0 Å². The molecule has 76 valence electrons. The first-order valence-corrected chi connectivity index (χ1v) is 5.04. The highest BCUT2D eigenvalue weighted by atomic mass is 16.1. The van der Waals surface area contributed by atoms with Crippen molar-refractivity contribution in [3.8, 4) is 0 Å². The third-order valence-corrected chi connectivity index (χ3v) is 3.01. The summed E-state index contributed by atoms with van der Waals surface area (Å²) >= 11 is 0. The fourth-order valence-corrected chi connectivity index (χ4v) is 2.21. The first-order chi connectivity index (χ1) is 6.85. The zero-order valence-corrected chi connectivity index (χ0v) is 8.10. The van der Waals surface area contributed by atoms with Crippen molar-refractivity contribution in [2.24, 2.45) is 11.7 Å². The van der Waals surface area contributed by atoms with E-state index < -0.39 is 0 Å². The van der Waals surface area contributed by atoms with Crippen molar-refractivity contribution in [3.63, 3.8) is 0 Å². The Morgan fingerprint density at radius 2 is 2.50 bits per heavy atom. The third kappa shape index (κ3) is 1.57. The average Bonchev–Trinajstić information content (AvgIpc) is 2.85. The van der Waals surface area contributed by atoms with Crippen LogP contribution in [0.1, 0.15) is 35.8 Å². The number of aldehydes is 1. The van der Waals surface area contributed by atoms with Gasteiger partial charge in [-0.1, -0.05) is 0 Å². The van der Waals surface area contributed by atoms with Crippen LogP contribution in [-0.4, -0.2) is 22.6 Å². The molecular weight excluding hydrogens is 178 g/mol. The quantitative estimate of drug-likeness (QED) is 0.728. The van der Waals surface area contributed by atoms with Gasteiger partial charge in [-0.15, -0.1) is 0 Å². The zero-order chi connectivity index (χ0) is 9.97. The van der Waals surface area contributed by atoms with Gasteiger partial charge in [-0.25, -0.2) is 0 Å². The number of carbonyl (C=O) groups excluding carboxylic acids is 1. The molecule has 0 aliphatic heterocycles. The Morgan fingerprint density at radius 1 is 1.64 bits per heavy atom. The SMILES string of the molecule is NCC1CCC(n2nccc2C=O)C1. The van der Waals surface area contributed by atoms with Gasteiger partial charge in [-0.3, -0.25) is 9.48 Å². The summed E-state index contributed by atoms with van der Waals surface area (Å²) < 4.78 is 1.84. The van der Waals surface area contributed by atoms with Crippen molar-refractivity contribution >= 4 is 6.29 Å². The van der Waals surface area contributed by atoms with Crippen LogP contribution in [0.25, 0.3) is 0 Å². The van der Waals surface area contributed by atoms with Crippen LogP contribution in [-0.2, 0) is 0 Å². The average molecular weight is 193 g/mol. The van der Waals surface area contributed by atoms with Crippen LogP contribution in [0.4, 0.5) is 0 Å². The Labute approximate surface area is 83.1 Å².